The maximum Gasteiger partial charge on any atom is 0.258 e. The molecule has 0 aliphatic rings. The van der Waals surface area contributed by atoms with E-state index in [1.165, 1.54) is 0 Å². The van der Waals surface area contributed by atoms with Crippen molar-refractivity contribution >= 4 is 17.3 Å². The van der Waals surface area contributed by atoms with Crippen LogP contribution in [-0.2, 0) is 0 Å². The van der Waals surface area contributed by atoms with E-state index < -0.39 is 0 Å². The van der Waals surface area contributed by atoms with Crippen LogP contribution in [0.15, 0.2) is 42.5 Å². The van der Waals surface area contributed by atoms with Gasteiger partial charge in [-0.25, -0.2) is 0 Å². The zero-order valence-electron chi connectivity index (χ0n) is 12.6. The highest BCUT2D eigenvalue weighted by molar-refractivity contribution is 6.06. The molecule has 0 saturated carbocycles. The first-order valence-electron chi connectivity index (χ1n) is 6.89. The molecule has 0 saturated heterocycles. The Morgan fingerprint density at radius 1 is 1.24 bits per heavy atom. The molecule has 4 heteroatoms. The Hall–Kier alpha value is -2.49. The number of ether oxygens (including phenoxy) is 1. The van der Waals surface area contributed by atoms with E-state index in [0.717, 1.165) is 11.3 Å². The summed E-state index contributed by atoms with van der Waals surface area (Å²) in [6.07, 6.45) is 0. The van der Waals surface area contributed by atoms with Crippen LogP contribution in [0.1, 0.15) is 22.8 Å². The number of carbonyl (C=O) groups excluding carboxylic acids is 1. The molecule has 2 aromatic carbocycles. The normalized spacial score (nSPS) is 10.2. The van der Waals surface area contributed by atoms with E-state index in [1.807, 2.05) is 38.1 Å². The SMILES string of the molecule is CCOc1cc(N)cc(C(=O)N(C)c2cccc(C)c2)c1. The number of anilines is 2. The minimum atomic E-state index is -0.117. The van der Waals surface area contributed by atoms with Gasteiger partial charge in [-0.05, 0) is 43.7 Å². The van der Waals surface area contributed by atoms with Gasteiger partial charge < -0.3 is 15.4 Å². The summed E-state index contributed by atoms with van der Waals surface area (Å²) in [5.74, 6) is 0.493. The number of benzene rings is 2. The van der Waals surface area contributed by atoms with E-state index in [-0.39, 0.29) is 5.91 Å². The predicted molar refractivity (Wildman–Crippen MR) is 85.9 cm³/mol. The zero-order chi connectivity index (χ0) is 15.4. The van der Waals surface area contributed by atoms with Crippen molar-refractivity contribution in [1.29, 1.82) is 0 Å². The largest absolute Gasteiger partial charge is 0.494 e. The van der Waals surface area contributed by atoms with E-state index in [1.54, 1.807) is 30.1 Å². The Kier molecular flexibility index (Phi) is 4.48. The Labute approximate surface area is 125 Å². The lowest BCUT2D eigenvalue weighted by Crippen LogP contribution is -2.26. The van der Waals surface area contributed by atoms with Crippen LogP contribution in [0.4, 0.5) is 11.4 Å². The number of hydrogen-bond acceptors (Lipinski definition) is 3. The summed E-state index contributed by atoms with van der Waals surface area (Å²) in [6, 6.07) is 12.9. The van der Waals surface area contributed by atoms with E-state index in [9.17, 15) is 4.79 Å². The maximum atomic E-state index is 12.6. The predicted octanol–water partition coefficient (Wildman–Crippen LogP) is 3.25. The second kappa shape index (κ2) is 6.31. The lowest BCUT2D eigenvalue weighted by atomic mass is 10.1. The molecular weight excluding hydrogens is 264 g/mol. The quantitative estimate of drug-likeness (QED) is 0.877. The fourth-order valence-electron chi connectivity index (χ4n) is 2.14. The van der Waals surface area contributed by atoms with Crippen LogP contribution in [0.5, 0.6) is 5.75 Å². The molecule has 0 aliphatic heterocycles. The van der Waals surface area contributed by atoms with Gasteiger partial charge in [0.1, 0.15) is 5.75 Å². The third-order valence-corrected chi connectivity index (χ3v) is 3.18. The van der Waals surface area contributed by atoms with Gasteiger partial charge in [-0.1, -0.05) is 12.1 Å². The van der Waals surface area contributed by atoms with Crippen molar-refractivity contribution in [2.45, 2.75) is 13.8 Å². The fourth-order valence-corrected chi connectivity index (χ4v) is 2.14. The van der Waals surface area contributed by atoms with Gasteiger partial charge in [0, 0.05) is 30.1 Å². The summed E-state index contributed by atoms with van der Waals surface area (Å²) in [4.78, 5) is 14.2. The van der Waals surface area contributed by atoms with E-state index in [2.05, 4.69) is 0 Å². The molecule has 0 aromatic heterocycles. The standard InChI is InChI=1S/C17H20N2O2/c1-4-21-16-10-13(9-14(18)11-16)17(20)19(3)15-7-5-6-12(2)8-15/h5-11H,4,18H2,1-3H3. The van der Waals surface area contributed by atoms with Gasteiger partial charge in [0.15, 0.2) is 0 Å². The molecule has 4 nitrogen and oxygen atoms in total. The van der Waals surface area contributed by atoms with Crippen LogP contribution >= 0.6 is 0 Å². The van der Waals surface area contributed by atoms with Crippen molar-refractivity contribution in [3.05, 3.63) is 53.6 Å². The highest BCUT2D eigenvalue weighted by atomic mass is 16.5. The number of amides is 1. The highest BCUT2D eigenvalue weighted by Gasteiger charge is 2.15. The van der Waals surface area contributed by atoms with Gasteiger partial charge in [0.25, 0.3) is 5.91 Å². The van der Waals surface area contributed by atoms with Gasteiger partial charge in [-0.15, -0.1) is 0 Å². The van der Waals surface area contributed by atoms with Gasteiger partial charge in [-0.2, -0.15) is 0 Å². The molecule has 1 amide bonds. The first kappa shape index (κ1) is 14.9. The van der Waals surface area contributed by atoms with Crippen molar-refractivity contribution in [3.8, 4) is 5.75 Å². The second-order valence-electron chi connectivity index (χ2n) is 4.93. The summed E-state index contributed by atoms with van der Waals surface area (Å²) < 4.78 is 5.43. The van der Waals surface area contributed by atoms with Crippen molar-refractivity contribution < 1.29 is 9.53 Å². The molecule has 0 unspecified atom stereocenters. The molecular formula is C17H20N2O2. The molecule has 0 radical (unpaired) electrons. The first-order chi connectivity index (χ1) is 10.0. The molecule has 0 heterocycles. The highest BCUT2D eigenvalue weighted by Crippen LogP contribution is 2.22. The molecule has 21 heavy (non-hydrogen) atoms. The topological polar surface area (TPSA) is 55.6 Å². The van der Waals surface area contributed by atoms with Gasteiger partial charge in [0.2, 0.25) is 0 Å². The zero-order valence-corrected chi connectivity index (χ0v) is 12.6. The molecule has 110 valence electrons. The number of nitrogen functional groups attached to an aromatic ring is 1. The van der Waals surface area contributed by atoms with Crippen LogP contribution < -0.4 is 15.4 Å². The average molecular weight is 284 g/mol. The van der Waals surface area contributed by atoms with Crippen LogP contribution in [0.2, 0.25) is 0 Å². The first-order valence-corrected chi connectivity index (χ1v) is 6.89. The summed E-state index contributed by atoms with van der Waals surface area (Å²) >= 11 is 0. The number of rotatable bonds is 4. The summed E-state index contributed by atoms with van der Waals surface area (Å²) in [5.41, 5.74) is 8.83. The van der Waals surface area contributed by atoms with Crippen molar-refractivity contribution in [2.24, 2.45) is 0 Å². The minimum absolute atomic E-state index is 0.117. The monoisotopic (exact) mass is 284 g/mol. The number of aryl methyl sites for hydroxylation is 1. The smallest absolute Gasteiger partial charge is 0.258 e. The molecule has 0 fully saturated rings. The van der Waals surface area contributed by atoms with Gasteiger partial charge in [-0.3, -0.25) is 4.79 Å². The molecule has 2 N–H and O–H groups in total. The van der Waals surface area contributed by atoms with Crippen molar-refractivity contribution in [2.75, 3.05) is 24.3 Å². The third-order valence-electron chi connectivity index (χ3n) is 3.18. The number of hydrogen-bond donors (Lipinski definition) is 1. The number of carbonyl (C=O) groups is 1. The average Bonchev–Trinajstić information content (AvgIpc) is 2.45. The molecule has 0 spiro atoms. The van der Waals surface area contributed by atoms with E-state index in [0.29, 0.717) is 23.6 Å². The lowest BCUT2D eigenvalue weighted by Gasteiger charge is -2.18. The Morgan fingerprint density at radius 3 is 2.67 bits per heavy atom. The molecule has 0 bridgehead atoms. The molecule has 2 rings (SSSR count). The van der Waals surface area contributed by atoms with Crippen LogP contribution in [-0.4, -0.2) is 19.6 Å². The second-order valence-corrected chi connectivity index (χ2v) is 4.93. The lowest BCUT2D eigenvalue weighted by molar-refractivity contribution is 0.0992. The molecule has 2 aromatic rings. The summed E-state index contributed by atoms with van der Waals surface area (Å²) in [7, 11) is 1.75. The Morgan fingerprint density at radius 2 is 2.00 bits per heavy atom. The van der Waals surface area contributed by atoms with Crippen LogP contribution in [0.3, 0.4) is 0 Å². The molecule has 0 atom stereocenters. The van der Waals surface area contributed by atoms with Gasteiger partial charge >= 0.3 is 0 Å². The fraction of sp³-hybridized carbons (Fsp3) is 0.235. The Balaban J connectivity index is 2.31. The third kappa shape index (κ3) is 3.54. The molecule has 0 aliphatic carbocycles. The van der Waals surface area contributed by atoms with Crippen LogP contribution in [0.25, 0.3) is 0 Å². The van der Waals surface area contributed by atoms with E-state index in [4.69, 9.17) is 10.5 Å². The van der Waals surface area contributed by atoms with Crippen molar-refractivity contribution in [3.63, 3.8) is 0 Å². The van der Waals surface area contributed by atoms with Crippen LogP contribution in [0, 0.1) is 6.92 Å². The summed E-state index contributed by atoms with van der Waals surface area (Å²) in [6.45, 7) is 4.42. The minimum Gasteiger partial charge on any atom is -0.494 e. The number of nitrogens with zero attached hydrogens (tertiary/aromatic N) is 1. The number of nitrogens with two attached hydrogens (primary N) is 1. The van der Waals surface area contributed by atoms with Crippen molar-refractivity contribution in [1.82, 2.24) is 0 Å². The van der Waals surface area contributed by atoms with Gasteiger partial charge in [0.05, 0.1) is 6.61 Å². The Bertz CT molecular complexity index is 653. The van der Waals surface area contributed by atoms with E-state index >= 15 is 0 Å². The maximum absolute atomic E-state index is 12.6. The summed E-state index contributed by atoms with van der Waals surface area (Å²) in [5, 5.41) is 0.